The average Bonchev–Trinajstić information content (AvgIpc) is 2.60. The van der Waals surface area contributed by atoms with Crippen molar-refractivity contribution in [2.75, 3.05) is 10.6 Å². The normalized spacial score (nSPS) is 10.2. The highest BCUT2D eigenvalue weighted by atomic mass is 15.3. The van der Waals surface area contributed by atoms with Crippen molar-refractivity contribution in [3.63, 3.8) is 0 Å². The molecule has 0 aliphatic carbocycles. The number of pyridine rings is 1. The highest BCUT2D eigenvalue weighted by Crippen LogP contribution is 2.08. The van der Waals surface area contributed by atoms with E-state index in [1.807, 2.05) is 30.3 Å². The largest absolute Gasteiger partial charge is 0.365 e. The standard InChI is InChI=1S/C16H16N6/c1-2-4-13(5-3-1)10-18-15-12-20-22-16(21-15)19-11-14-6-8-17-9-7-14/h1-9,12H,10-11H2,(H2,18,19,21,22). The van der Waals surface area contributed by atoms with E-state index in [-0.39, 0.29) is 0 Å². The number of aromatic nitrogens is 4. The molecule has 1 aromatic carbocycles. The molecule has 0 aliphatic rings. The lowest BCUT2D eigenvalue weighted by Crippen LogP contribution is -2.08. The number of nitrogens with zero attached hydrogens (tertiary/aromatic N) is 4. The monoisotopic (exact) mass is 292 g/mol. The van der Waals surface area contributed by atoms with E-state index in [0.717, 1.165) is 5.56 Å². The van der Waals surface area contributed by atoms with Crippen LogP contribution in [0.4, 0.5) is 11.8 Å². The van der Waals surface area contributed by atoms with E-state index in [1.54, 1.807) is 18.6 Å². The molecule has 2 aromatic heterocycles. The molecule has 6 nitrogen and oxygen atoms in total. The summed E-state index contributed by atoms with van der Waals surface area (Å²) in [5, 5.41) is 14.3. The third-order valence-electron chi connectivity index (χ3n) is 3.08. The Morgan fingerprint density at radius 1 is 0.818 bits per heavy atom. The summed E-state index contributed by atoms with van der Waals surface area (Å²) in [5.41, 5.74) is 2.30. The number of nitrogens with one attached hydrogen (secondary N) is 2. The Bertz CT molecular complexity index is 643. The Balaban J connectivity index is 1.58. The first-order chi connectivity index (χ1) is 10.9. The van der Waals surface area contributed by atoms with E-state index in [0.29, 0.717) is 24.9 Å². The Kier molecular flexibility index (Phi) is 4.51. The summed E-state index contributed by atoms with van der Waals surface area (Å²) in [7, 11) is 0. The Labute approximate surface area is 128 Å². The number of hydrogen-bond donors (Lipinski definition) is 2. The van der Waals surface area contributed by atoms with Gasteiger partial charge in [-0.05, 0) is 23.3 Å². The van der Waals surface area contributed by atoms with Crippen LogP contribution in [-0.2, 0) is 13.1 Å². The van der Waals surface area contributed by atoms with Gasteiger partial charge in [-0.25, -0.2) is 0 Å². The summed E-state index contributed by atoms with van der Waals surface area (Å²) in [6, 6.07) is 14.0. The molecule has 0 atom stereocenters. The van der Waals surface area contributed by atoms with Gasteiger partial charge in [-0.3, -0.25) is 4.98 Å². The zero-order valence-corrected chi connectivity index (χ0v) is 12.0. The summed E-state index contributed by atoms with van der Waals surface area (Å²) in [5.74, 6) is 1.19. The van der Waals surface area contributed by atoms with E-state index >= 15 is 0 Å². The maximum atomic E-state index is 4.39. The van der Waals surface area contributed by atoms with Gasteiger partial charge in [-0.15, -0.1) is 5.10 Å². The predicted octanol–water partition coefficient (Wildman–Crippen LogP) is 2.49. The van der Waals surface area contributed by atoms with Crippen LogP contribution in [0.25, 0.3) is 0 Å². The second-order valence-corrected chi connectivity index (χ2v) is 4.71. The molecule has 0 fully saturated rings. The van der Waals surface area contributed by atoms with E-state index in [9.17, 15) is 0 Å². The van der Waals surface area contributed by atoms with E-state index in [4.69, 9.17) is 0 Å². The van der Waals surface area contributed by atoms with Gasteiger partial charge in [0.25, 0.3) is 0 Å². The average molecular weight is 292 g/mol. The Morgan fingerprint density at radius 2 is 1.55 bits per heavy atom. The van der Waals surface area contributed by atoms with Crippen LogP contribution in [0.5, 0.6) is 0 Å². The minimum atomic E-state index is 0.495. The molecule has 0 saturated heterocycles. The molecule has 3 rings (SSSR count). The molecule has 0 radical (unpaired) electrons. The topological polar surface area (TPSA) is 75.6 Å². The number of benzene rings is 1. The minimum absolute atomic E-state index is 0.495. The van der Waals surface area contributed by atoms with Crippen LogP contribution in [0.3, 0.4) is 0 Å². The van der Waals surface area contributed by atoms with Crippen LogP contribution in [0, 0.1) is 0 Å². The van der Waals surface area contributed by atoms with Crippen molar-refractivity contribution >= 4 is 11.8 Å². The third kappa shape index (κ3) is 3.99. The lowest BCUT2D eigenvalue weighted by atomic mass is 10.2. The van der Waals surface area contributed by atoms with Gasteiger partial charge in [-0.1, -0.05) is 30.3 Å². The fraction of sp³-hybridized carbons (Fsp3) is 0.125. The first-order valence-corrected chi connectivity index (χ1v) is 7.00. The summed E-state index contributed by atoms with van der Waals surface area (Å²) in [6.07, 6.45) is 5.13. The van der Waals surface area contributed by atoms with E-state index in [1.165, 1.54) is 5.56 Å². The lowest BCUT2D eigenvalue weighted by Gasteiger charge is -2.07. The molecule has 110 valence electrons. The minimum Gasteiger partial charge on any atom is -0.365 e. The maximum absolute atomic E-state index is 4.39. The highest BCUT2D eigenvalue weighted by molar-refractivity contribution is 5.38. The Morgan fingerprint density at radius 3 is 2.36 bits per heavy atom. The highest BCUT2D eigenvalue weighted by Gasteiger charge is 2.01. The summed E-state index contributed by atoms with van der Waals surface area (Å²) in [6.45, 7) is 1.33. The zero-order chi connectivity index (χ0) is 15.0. The van der Waals surface area contributed by atoms with Crippen LogP contribution in [-0.4, -0.2) is 20.2 Å². The van der Waals surface area contributed by atoms with Crippen LogP contribution in [0.1, 0.15) is 11.1 Å². The van der Waals surface area contributed by atoms with Crippen molar-refractivity contribution in [2.45, 2.75) is 13.1 Å². The molecule has 6 heteroatoms. The zero-order valence-electron chi connectivity index (χ0n) is 12.0. The van der Waals surface area contributed by atoms with Crippen molar-refractivity contribution in [2.24, 2.45) is 0 Å². The number of anilines is 2. The van der Waals surface area contributed by atoms with Crippen molar-refractivity contribution in [1.82, 2.24) is 20.2 Å². The molecule has 0 aliphatic heterocycles. The molecular weight excluding hydrogens is 276 g/mol. The van der Waals surface area contributed by atoms with Crippen LogP contribution < -0.4 is 10.6 Å². The fourth-order valence-corrected chi connectivity index (χ4v) is 1.93. The smallest absolute Gasteiger partial charge is 0.244 e. The van der Waals surface area contributed by atoms with Crippen LogP contribution in [0.15, 0.2) is 61.1 Å². The molecule has 22 heavy (non-hydrogen) atoms. The molecular formula is C16H16N6. The van der Waals surface area contributed by atoms with Crippen LogP contribution in [0.2, 0.25) is 0 Å². The third-order valence-corrected chi connectivity index (χ3v) is 3.08. The van der Waals surface area contributed by atoms with Gasteiger partial charge in [0.05, 0.1) is 6.20 Å². The van der Waals surface area contributed by atoms with Crippen molar-refractivity contribution < 1.29 is 0 Å². The first-order valence-electron chi connectivity index (χ1n) is 7.00. The summed E-state index contributed by atoms with van der Waals surface area (Å²) in [4.78, 5) is 8.38. The Hall–Kier alpha value is -3.02. The predicted molar refractivity (Wildman–Crippen MR) is 85.2 cm³/mol. The molecule has 0 saturated carbocycles. The SMILES string of the molecule is c1ccc(CNc2cnnc(NCc3ccncc3)n2)cc1. The maximum Gasteiger partial charge on any atom is 0.244 e. The number of hydrogen-bond acceptors (Lipinski definition) is 6. The molecule has 0 unspecified atom stereocenters. The van der Waals surface area contributed by atoms with E-state index < -0.39 is 0 Å². The molecule has 2 N–H and O–H groups in total. The summed E-state index contributed by atoms with van der Waals surface area (Å²) < 4.78 is 0. The van der Waals surface area contributed by atoms with Gasteiger partial charge in [0, 0.05) is 25.5 Å². The molecule has 0 bridgehead atoms. The molecule has 0 spiro atoms. The van der Waals surface area contributed by atoms with Gasteiger partial charge in [0.15, 0.2) is 5.82 Å². The fourth-order valence-electron chi connectivity index (χ4n) is 1.93. The van der Waals surface area contributed by atoms with Crippen molar-refractivity contribution in [3.05, 3.63) is 72.2 Å². The van der Waals surface area contributed by atoms with Crippen molar-refractivity contribution in [3.8, 4) is 0 Å². The van der Waals surface area contributed by atoms with Gasteiger partial charge < -0.3 is 10.6 Å². The molecule has 3 aromatic rings. The molecule has 2 heterocycles. The summed E-state index contributed by atoms with van der Waals surface area (Å²) >= 11 is 0. The molecule has 0 amide bonds. The van der Waals surface area contributed by atoms with Gasteiger partial charge in [-0.2, -0.15) is 10.1 Å². The first kappa shape index (κ1) is 13.9. The second-order valence-electron chi connectivity index (χ2n) is 4.71. The second kappa shape index (κ2) is 7.12. The van der Waals surface area contributed by atoms with Gasteiger partial charge >= 0.3 is 0 Å². The lowest BCUT2D eigenvalue weighted by molar-refractivity contribution is 0.936. The number of rotatable bonds is 6. The van der Waals surface area contributed by atoms with Crippen LogP contribution >= 0.6 is 0 Å². The quantitative estimate of drug-likeness (QED) is 0.727. The van der Waals surface area contributed by atoms with Gasteiger partial charge in [0.1, 0.15) is 0 Å². The van der Waals surface area contributed by atoms with Crippen molar-refractivity contribution in [1.29, 1.82) is 0 Å². The van der Waals surface area contributed by atoms with E-state index in [2.05, 4.69) is 42.9 Å². The van der Waals surface area contributed by atoms with Gasteiger partial charge in [0.2, 0.25) is 5.95 Å².